The van der Waals surface area contributed by atoms with Crippen molar-refractivity contribution in [3.8, 4) is 0 Å². The summed E-state index contributed by atoms with van der Waals surface area (Å²) < 4.78 is 1.14. The van der Waals surface area contributed by atoms with Gasteiger partial charge < -0.3 is 4.90 Å². The second-order valence-electron chi connectivity index (χ2n) is 3.81. The first-order valence-electron chi connectivity index (χ1n) is 5.63. The normalized spacial score (nSPS) is 10.3. The number of amides is 1. The third-order valence-electron chi connectivity index (χ3n) is 2.61. The molecule has 0 aliphatic heterocycles. The molecule has 0 bridgehead atoms. The largest absolute Gasteiger partial charge is 0.335 e. The van der Waals surface area contributed by atoms with Gasteiger partial charge in [-0.2, -0.15) is 0 Å². The number of pyridine rings is 1. The molecular weight excluding hydrogens is 359 g/mol. The molecule has 0 aliphatic carbocycles. The van der Waals surface area contributed by atoms with Crippen LogP contribution < -0.4 is 0 Å². The lowest BCUT2D eigenvalue weighted by Crippen LogP contribution is -2.29. The van der Waals surface area contributed by atoms with E-state index < -0.39 is 0 Å². The van der Waals surface area contributed by atoms with Crippen LogP contribution in [-0.2, 0) is 6.54 Å². The molecule has 0 atom stereocenters. The lowest BCUT2D eigenvalue weighted by Gasteiger charge is -2.20. The number of thiophene rings is 1. The zero-order chi connectivity index (χ0) is 13.0. The molecule has 0 fully saturated rings. The number of aromatic nitrogens is 1. The second kappa shape index (κ2) is 6.29. The average Bonchev–Trinajstić information content (AvgIpc) is 2.83. The van der Waals surface area contributed by atoms with Crippen LogP contribution >= 0.6 is 33.9 Å². The molecule has 5 heteroatoms. The van der Waals surface area contributed by atoms with Gasteiger partial charge in [0.15, 0.2) is 0 Å². The summed E-state index contributed by atoms with van der Waals surface area (Å²) in [6.45, 7) is 3.33. The number of halogens is 1. The predicted octanol–water partition coefficient (Wildman–Crippen LogP) is 3.41. The molecule has 1 amide bonds. The van der Waals surface area contributed by atoms with Crippen LogP contribution in [-0.4, -0.2) is 22.3 Å². The van der Waals surface area contributed by atoms with Crippen LogP contribution in [0.5, 0.6) is 0 Å². The summed E-state index contributed by atoms with van der Waals surface area (Å²) in [5.74, 6) is 0.0912. The maximum absolute atomic E-state index is 12.3. The first-order valence-corrected chi connectivity index (χ1v) is 7.58. The highest BCUT2D eigenvalue weighted by molar-refractivity contribution is 14.1. The Morgan fingerprint density at radius 2 is 2.17 bits per heavy atom. The molecule has 0 saturated heterocycles. The zero-order valence-corrected chi connectivity index (χ0v) is 12.9. The molecule has 2 aromatic rings. The van der Waals surface area contributed by atoms with E-state index in [1.807, 2.05) is 35.4 Å². The number of hydrogen-bond donors (Lipinski definition) is 0. The first kappa shape index (κ1) is 13.5. The van der Waals surface area contributed by atoms with E-state index in [1.165, 1.54) is 0 Å². The van der Waals surface area contributed by atoms with E-state index in [0.717, 1.165) is 14.0 Å². The zero-order valence-electron chi connectivity index (χ0n) is 9.97. The van der Waals surface area contributed by atoms with Gasteiger partial charge >= 0.3 is 0 Å². The minimum absolute atomic E-state index is 0.0912. The number of rotatable bonds is 4. The lowest BCUT2D eigenvalue weighted by molar-refractivity contribution is 0.0753. The molecule has 0 aliphatic rings. The van der Waals surface area contributed by atoms with Gasteiger partial charge in [-0.25, -0.2) is 0 Å². The van der Waals surface area contributed by atoms with Gasteiger partial charge in [-0.15, -0.1) is 11.3 Å². The molecule has 2 aromatic heterocycles. The molecule has 0 spiro atoms. The highest BCUT2D eigenvalue weighted by Gasteiger charge is 2.15. The summed E-state index contributed by atoms with van der Waals surface area (Å²) >= 11 is 3.83. The van der Waals surface area contributed by atoms with Crippen molar-refractivity contribution in [1.82, 2.24) is 9.88 Å². The summed E-state index contributed by atoms with van der Waals surface area (Å²) in [5.41, 5.74) is 1.88. The van der Waals surface area contributed by atoms with Crippen molar-refractivity contribution in [2.45, 2.75) is 13.5 Å². The van der Waals surface area contributed by atoms with Gasteiger partial charge in [0.25, 0.3) is 5.91 Å². The number of nitrogens with zero attached hydrogens (tertiary/aromatic N) is 2. The van der Waals surface area contributed by atoms with Crippen molar-refractivity contribution in [2.75, 3.05) is 6.54 Å². The Morgan fingerprint density at radius 3 is 2.72 bits per heavy atom. The third kappa shape index (κ3) is 3.29. The van der Waals surface area contributed by atoms with Gasteiger partial charge in [-0.3, -0.25) is 9.78 Å². The monoisotopic (exact) mass is 372 g/mol. The average molecular weight is 372 g/mol. The fourth-order valence-electron chi connectivity index (χ4n) is 1.64. The Bertz CT molecular complexity index is 527. The Morgan fingerprint density at radius 1 is 1.44 bits per heavy atom. The molecule has 0 radical (unpaired) electrons. The lowest BCUT2D eigenvalue weighted by atomic mass is 10.2. The van der Waals surface area contributed by atoms with Gasteiger partial charge in [0.1, 0.15) is 0 Å². The van der Waals surface area contributed by atoms with Gasteiger partial charge in [0.05, 0.1) is 8.45 Å². The van der Waals surface area contributed by atoms with Crippen molar-refractivity contribution >= 4 is 39.8 Å². The highest BCUT2D eigenvalue weighted by atomic mass is 127. The number of carbonyl (C=O) groups excluding carboxylic acids is 1. The van der Waals surface area contributed by atoms with Crippen molar-refractivity contribution in [3.63, 3.8) is 0 Å². The highest BCUT2D eigenvalue weighted by Crippen LogP contribution is 2.18. The molecule has 0 saturated carbocycles. The summed E-state index contributed by atoms with van der Waals surface area (Å²) in [5, 5.41) is 1.92. The van der Waals surface area contributed by atoms with E-state index >= 15 is 0 Å². The van der Waals surface area contributed by atoms with Crippen LogP contribution in [0.1, 0.15) is 22.8 Å². The summed E-state index contributed by atoms with van der Waals surface area (Å²) in [4.78, 5) is 18.1. The molecular formula is C13H13IN2OS. The molecule has 94 valence electrons. The molecule has 0 unspecified atom stereocenters. The Labute approximate surface area is 124 Å². The Balaban J connectivity index is 2.12. The van der Waals surface area contributed by atoms with E-state index in [-0.39, 0.29) is 5.91 Å². The number of hydrogen-bond acceptors (Lipinski definition) is 3. The minimum Gasteiger partial charge on any atom is -0.335 e. The summed E-state index contributed by atoms with van der Waals surface area (Å²) in [7, 11) is 0. The van der Waals surface area contributed by atoms with Gasteiger partial charge in [-0.1, -0.05) is 0 Å². The van der Waals surface area contributed by atoms with Crippen molar-refractivity contribution < 1.29 is 4.79 Å². The molecule has 0 aromatic carbocycles. The van der Waals surface area contributed by atoms with Crippen LogP contribution in [0.2, 0.25) is 0 Å². The van der Waals surface area contributed by atoms with E-state index in [2.05, 4.69) is 27.6 Å². The van der Waals surface area contributed by atoms with Crippen molar-refractivity contribution in [2.24, 2.45) is 0 Å². The van der Waals surface area contributed by atoms with Crippen LogP contribution in [0.3, 0.4) is 0 Å². The van der Waals surface area contributed by atoms with Crippen LogP contribution in [0.4, 0.5) is 0 Å². The second-order valence-corrected chi connectivity index (χ2v) is 6.62. The Kier molecular flexibility index (Phi) is 4.71. The standard InChI is InChI=1S/C13H13IN2OS/c1-2-16(8-10-3-5-15-6-4-10)13(17)11-7-12(14)18-9-11/h3-7,9H,2,8H2,1H3. The van der Waals surface area contributed by atoms with Gasteiger partial charge in [0.2, 0.25) is 0 Å². The van der Waals surface area contributed by atoms with E-state index in [0.29, 0.717) is 13.1 Å². The third-order valence-corrected chi connectivity index (χ3v) is 4.40. The SMILES string of the molecule is CCN(Cc1ccncc1)C(=O)c1csc(I)c1. The van der Waals surface area contributed by atoms with Crippen LogP contribution in [0.25, 0.3) is 0 Å². The van der Waals surface area contributed by atoms with E-state index in [4.69, 9.17) is 0 Å². The van der Waals surface area contributed by atoms with Crippen LogP contribution in [0.15, 0.2) is 36.0 Å². The predicted molar refractivity (Wildman–Crippen MR) is 81.7 cm³/mol. The molecule has 2 rings (SSSR count). The maximum Gasteiger partial charge on any atom is 0.255 e. The van der Waals surface area contributed by atoms with Gasteiger partial charge in [-0.05, 0) is 53.3 Å². The van der Waals surface area contributed by atoms with Gasteiger partial charge in [0, 0.05) is 30.9 Å². The Hall–Kier alpha value is -0.950. The first-order chi connectivity index (χ1) is 8.70. The molecule has 3 nitrogen and oxygen atoms in total. The summed E-state index contributed by atoms with van der Waals surface area (Å²) in [6, 6.07) is 5.81. The van der Waals surface area contributed by atoms with Crippen molar-refractivity contribution in [3.05, 3.63) is 50.0 Å². The van der Waals surface area contributed by atoms with E-state index in [9.17, 15) is 4.79 Å². The maximum atomic E-state index is 12.3. The fraction of sp³-hybridized carbons (Fsp3) is 0.231. The quantitative estimate of drug-likeness (QED) is 0.771. The van der Waals surface area contributed by atoms with E-state index in [1.54, 1.807) is 23.7 Å². The fourth-order valence-corrected chi connectivity index (χ4v) is 2.96. The molecule has 18 heavy (non-hydrogen) atoms. The number of carbonyl (C=O) groups is 1. The summed E-state index contributed by atoms with van der Waals surface area (Å²) in [6.07, 6.45) is 3.50. The smallest absolute Gasteiger partial charge is 0.255 e. The van der Waals surface area contributed by atoms with Crippen LogP contribution in [0, 0.1) is 2.88 Å². The van der Waals surface area contributed by atoms with Crippen molar-refractivity contribution in [1.29, 1.82) is 0 Å². The molecule has 2 heterocycles. The topological polar surface area (TPSA) is 33.2 Å². The minimum atomic E-state index is 0.0912. The molecule has 0 N–H and O–H groups in total.